The number of carboxylic acid groups (broad SMARTS) is 1. The minimum Gasteiger partial charge on any atom is -0.477 e. The lowest BCUT2D eigenvalue weighted by Gasteiger charge is -2.15. The van der Waals surface area contributed by atoms with E-state index < -0.39 is 5.97 Å². The van der Waals surface area contributed by atoms with E-state index in [-0.39, 0.29) is 0 Å². The molecule has 0 aromatic carbocycles. The molecular formula is C11H18N2O2S. The molecule has 0 aliphatic carbocycles. The molecule has 0 saturated heterocycles. The van der Waals surface area contributed by atoms with Gasteiger partial charge in [0.2, 0.25) is 0 Å². The molecule has 0 spiro atoms. The number of carbonyl (C=O) groups is 1. The number of thiazole rings is 1. The molecule has 0 atom stereocenters. The van der Waals surface area contributed by atoms with Gasteiger partial charge in [0.25, 0.3) is 0 Å². The zero-order chi connectivity index (χ0) is 12.1. The highest BCUT2D eigenvalue weighted by molar-refractivity contribution is 7.13. The van der Waals surface area contributed by atoms with Crippen molar-refractivity contribution in [2.45, 2.75) is 33.7 Å². The summed E-state index contributed by atoms with van der Waals surface area (Å²) in [7, 11) is 0. The summed E-state index contributed by atoms with van der Waals surface area (Å²) in [6.07, 6.45) is 0.677. The lowest BCUT2D eigenvalue weighted by molar-refractivity contribution is 0.0701. The first kappa shape index (κ1) is 13.1. The van der Waals surface area contributed by atoms with E-state index in [1.807, 2.05) is 6.92 Å². The van der Waals surface area contributed by atoms with Gasteiger partial charge in [-0.25, -0.2) is 9.78 Å². The Hall–Kier alpha value is -0.940. The van der Waals surface area contributed by atoms with Gasteiger partial charge in [-0.1, -0.05) is 20.8 Å². The fraction of sp³-hybridized carbons (Fsp3) is 0.636. The second-order valence-electron chi connectivity index (χ2n) is 3.50. The van der Waals surface area contributed by atoms with Crippen molar-refractivity contribution in [1.29, 1.82) is 0 Å². The summed E-state index contributed by atoms with van der Waals surface area (Å²) >= 11 is 1.30. The Morgan fingerprint density at radius 1 is 1.38 bits per heavy atom. The van der Waals surface area contributed by atoms with Crippen molar-refractivity contribution in [3.8, 4) is 0 Å². The molecule has 0 saturated carbocycles. The molecule has 1 aromatic rings. The van der Waals surface area contributed by atoms with E-state index in [9.17, 15) is 4.79 Å². The molecule has 0 aliphatic heterocycles. The van der Waals surface area contributed by atoms with Gasteiger partial charge in [-0.15, -0.1) is 11.3 Å². The predicted molar refractivity (Wildman–Crippen MR) is 65.1 cm³/mol. The minimum atomic E-state index is -0.861. The molecule has 0 unspecified atom stereocenters. The van der Waals surface area contributed by atoms with E-state index in [0.717, 1.165) is 24.6 Å². The predicted octanol–water partition coefficient (Wildman–Crippen LogP) is 2.25. The van der Waals surface area contributed by atoms with Crippen molar-refractivity contribution in [3.63, 3.8) is 0 Å². The molecule has 0 aliphatic rings. The number of hydrogen-bond acceptors (Lipinski definition) is 4. The Morgan fingerprint density at radius 2 is 2.00 bits per heavy atom. The van der Waals surface area contributed by atoms with Gasteiger partial charge in [-0.2, -0.15) is 0 Å². The van der Waals surface area contributed by atoms with Gasteiger partial charge in [-0.3, -0.25) is 4.90 Å². The van der Waals surface area contributed by atoms with E-state index in [1.54, 1.807) is 0 Å². The topological polar surface area (TPSA) is 53.4 Å². The maximum absolute atomic E-state index is 11.0. The lowest BCUT2D eigenvalue weighted by Crippen LogP contribution is -2.21. The monoisotopic (exact) mass is 242 g/mol. The van der Waals surface area contributed by atoms with Crippen molar-refractivity contribution in [3.05, 3.63) is 15.6 Å². The fourth-order valence-corrected chi connectivity index (χ4v) is 2.55. The van der Waals surface area contributed by atoms with Crippen LogP contribution in [0.2, 0.25) is 0 Å². The van der Waals surface area contributed by atoms with Crippen molar-refractivity contribution < 1.29 is 9.90 Å². The smallest absolute Gasteiger partial charge is 0.347 e. The summed E-state index contributed by atoms with van der Waals surface area (Å²) in [5.74, 6) is -0.861. The van der Waals surface area contributed by atoms with Gasteiger partial charge in [-0.05, 0) is 19.5 Å². The van der Waals surface area contributed by atoms with E-state index in [0.29, 0.717) is 17.0 Å². The van der Waals surface area contributed by atoms with Crippen LogP contribution in [0.5, 0.6) is 0 Å². The second-order valence-corrected chi connectivity index (χ2v) is 4.59. The molecule has 0 bridgehead atoms. The highest BCUT2D eigenvalue weighted by atomic mass is 32.1. The third-order valence-corrected chi connectivity index (χ3v) is 3.59. The van der Waals surface area contributed by atoms with E-state index in [2.05, 4.69) is 23.7 Å². The lowest BCUT2D eigenvalue weighted by atomic mass is 10.3. The Bertz CT molecular complexity index is 359. The molecule has 0 amide bonds. The zero-order valence-electron chi connectivity index (χ0n) is 9.99. The molecule has 0 radical (unpaired) electrons. The van der Waals surface area contributed by atoms with E-state index in [1.165, 1.54) is 11.3 Å². The third kappa shape index (κ3) is 3.02. The quantitative estimate of drug-likeness (QED) is 0.831. The Kier molecular flexibility index (Phi) is 4.89. The average Bonchev–Trinajstić information content (AvgIpc) is 2.69. The normalized spacial score (nSPS) is 11.0. The number of aromatic nitrogens is 1. The van der Waals surface area contributed by atoms with Crippen molar-refractivity contribution >= 4 is 17.3 Å². The van der Waals surface area contributed by atoms with Crippen molar-refractivity contribution in [2.75, 3.05) is 13.1 Å². The third-order valence-electron chi connectivity index (χ3n) is 2.52. The second kappa shape index (κ2) is 5.96. The van der Waals surface area contributed by atoms with Gasteiger partial charge < -0.3 is 5.11 Å². The summed E-state index contributed by atoms with van der Waals surface area (Å²) in [5, 5.41) is 9.92. The Morgan fingerprint density at radius 3 is 2.38 bits per heavy atom. The van der Waals surface area contributed by atoms with Crippen LogP contribution in [0.15, 0.2) is 0 Å². The van der Waals surface area contributed by atoms with E-state index in [4.69, 9.17) is 5.11 Å². The molecule has 1 N–H and O–H groups in total. The molecule has 1 rings (SSSR count). The number of aromatic carboxylic acids is 1. The molecule has 0 fully saturated rings. The summed E-state index contributed by atoms with van der Waals surface area (Å²) in [6, 6.07) is 0. The Labute approximate surface area is 99.9 Å². The van der Waals surface area contributed by atoms with E-state index >= 15 is 0 Å². The van der Waals surface area contributed by atoms with Crippen LogP contribution < -0.4 is 0 Å². The van der Waals surface area contributed by atoms with Gasteiger partial charge >= 0.3 is 5.97 Å². The van der Waals surface area contributed by atoms with Crippen LogP contribution in [0.3, 0.4) is 0 Å². The van der Waals surface area contributed by atoms with Crippen molar-refractivity contribution in [2.24, 2.45) is 0 Å². The van der Waals surface area contributed by atoms with Crippen LogP contribution in [0.1, 0.15) is 41.1 Å². The summed E-state index contributed by atoms with van der Waals surface area (Å²) < 4.78 is 0. The van der Waals surface area contributed by atoms with Crippen LogP contribution in [-0.4, -0.2) is 34.0 Å². The average molecular weight is 242 g/mol. The molecular weight excluding hydrogens is 224 g/mol. The number of hydrogen-bond donors (Lipinski definition) is 1. The van der Waals surface area contributed by atoms with Gasteiger partial charge in [0.05, 0.1) is 12.2 Å². The first-order valence-corrected chi connectivity index (χ1v) is 6.38. The molecule has 5 heteroatoms. The zero-order valence-corrected chi connectivity index (χ0v) is 10.8. The number of aryl methyl sites for hydroxylation is 1. The van der Waals surface area contributed by atoms with Gasteiger partial charge in [0.1, 0.15) is 9.88 Å². The number of nitrogens with zero attached hydrogens (tertiary/aromatic N) is 2. The van der Waals surface area contributed by atoms with Crippen LogP contribution in [0, 0.1) is 0 Å². The first-order valence-electron chi connectivity index (χ1n) is 5.56. The highest BCUT2D eigenvalue weighted by Gasteiger charge is 2.16. The molecule has 4 nitrogen and oxygen atoms in total. The van der Waals surface area contributed by atoms with Crippen LogP contribution in [-0.2, 0) is 13.0 Å². The van der Waals surface area contributed by atoms with Crippen LogP contribution >= 0.6 is 11.3 Å². The van der Waals surface area contributed by atoms with Crippen LogP contribution in [0.4, 0.5) is 0 Å². The summed E-state index contributed by atoms with van der Waals surface area (Å²) in [5.41, 5.74) is 0.708. The molecule has 1 heterocycles. The largest absolute Gasteiger partial charge is 0.477 e. The summed E-state index contributed by atoms with van der Waals surface area (Å²) in [6.45, 7) is 8.78. The molecule has 16 heavy (non-hydrogen) atoms. The maximum Gasteiger partial charge on any atom is 0.347 e. The maximum atomic E-state index is 11.0. The fourth-order valence-electron chi connectivity index (χ4n) is 1.51. The SMILES string of the molecule is CCc1nc(CN(CC)CC)sc1C(=O)O. The number of rotatable bonds is 6. The van der Waals surface area contributed by atoms with Gasteiger partial charge in [0.15, 0.2) is 0 Å². The first-order chi connectivity index (χ1) is 7.62. The van der Waals surface area contributed by atoms with Crippen LogP contribution in [0.25, 0.3) is 0 Å². The number of carboxylic acids is 1. The molecule has 1 aromatic heterocycles. The summed E-state index contributed by atoms with van der Waals surface area (Å²) in [4.78, 5) is 18.0. The highest BCUT2D eigenvalue weighted by Crippen LogP contribution is 2.20. The van der Waals surface area contributed by atoms with Gasteiger partial charge in [0, 0.05) is 0 Å². The standard InChI is InChI=1S/C11H18N2O2S/c1-4-8-10(11(14)15)16-9(12-8)7-13(5-2)6-3/h4-7H2,1-3H3,(H,14,15). The Balaban J connectivity index is 2.86. The molecule has 90 valence electrons. The minimum absolute atomic E-state index is 0.393. The van der Waals surface area contributed by atoms with Crippen molar-refractivity contribution in [1.82, 2.24) is 9.88 Å².